The van der Waals surface area contributed by atoms with Crippen molar-refractivity contribution in [2.45, 2.75) is 46.3 Å². The van der Waals surface area contributed by atoms with Gasteiger partial charge in [-0.25, -0.2) is 4.98 Å². The summed E-state index contributed by atoms with van der Waals surface area (Å²) in [4.78, 5) is 24.6. The average molecular weight is 540 g/mol. The van der Waals surface area contributed by atoms with E-state index in [0.717, 1.165) is 73.3 Å². The molecule has 3 aromatic rings. The van der Waals surface area contributed by atoms with Crippen LogP contribution in [0.1, 0.15) is 43.6 Å². The Kier molecular flexibility index (Phi) is 9.60. The van der Waals surface area contributed by atoms with Crippen molar-refractivity contribution >= 4 is 34.0 Å². The summed E-state index contributed by atoms with van der Waals surface area (Å²) in [6.07, 6.45) is 0. The van der Waals surface area contributed by atoms with Gasteiger partial charge in [0, 0.05) is 79.4 Å². The molecule has 0 bridgehead atoms. The van der Waals surface area contributed by atoms with E-state index >= 15 is 0 Å². The van der Waals surface area contributed by atoms with E-state index in [-0.39, 0.29) is 5.91 Å². The van der Waals surface area contributed by atoms with E-state index in [1.807, 2.05) is 41.3 Å². The Morgan fingerprint density at radius 3 is 2.35 bits per heavy atom. The van der Waals surface area contributed by atoms with Crippen molar-refractivity contribution in [3.05, 3.63) is 70.1 Å². The second-order valence-corrected chi connectivity index (χ2v) is 11.3. The highest BCUT2D eigenvalue weighted by molar-refractivity contribution is 7.14. The predicted octanol–water partition coefficient (Wildman–Crippen LogP) is 5.63. The number of aromatic nitrogens is 1. The lowest BCUT2D eigenvalue weighted by Crippen LogP contribution is -2.46. The number of thiazole rings is 1. The van der Waals surface area contributed by atoms with Gasteiger partial charge in [0.2, 0.25) is 0 Å². The molecular formula is C29H38ClN5OS. The molecule has 0 saturated carbocycles. The fourth-order valence-corrected chi connectivity index (χ4v) is 5.90. The van der Waals surface area contributed by atoms with Gasteiger partial charge in [0.15, 0.2) is 5.13 Å². The molecule has 1 saturated heterocycles. The molecule has 1 N–H and O–H groups in total. The lowest BCUT2D eigenvalue weighted by Gasteiger charge is -2.33. The Hall–Kier alpha value is -2.45. The first-order valence-corrected chi connectivity index (χ1v) is 14.4. The summed E-state index contributed by atoms with van der Waals surface area (Å²) in [7, 11) is 0. The van der Waals surface area contributed by atoms with Crippen LogP contribution in [0.2, 0.25) is 5.02 Å². The standard InChI is InChI=1S/C29H38ClN5OS/c1-21(2)35(22(3)4)18-17-34(29-32-27(20-37-29)25-7-5-6-8-26(25)30)19-23-9-11-24(12-10-23)28(36)33-15-13-31-14-16-33/h5-12,20-22,31H,13-19H2,1-4H3. The summed E-state index contributed by atoms with van der Waals surface area (Å²) in [5.41, 5.74) is 3.76. The van der Waals surface area contributed by atoms with Gasteiger partial charge in [0.05, 0.1) is 5.69 Å². The number of anilines is 1. The van der Waals surface area contributed by atoms with E-state index in [2.05, 4.69) is 60.3 Å². The Labute approximate surface area is 230 Å². The van der Waals surface area contributed by atoms with Crippen LogP contribution < -0.4 is 10.2 Å². The zero-order chi connectivity index (χ0) is 26.4. The highest BCUT2D eigenvalue weighted by atomic mass is 35.5. The van der Waals surface area contributed by atoms with Crippen LogP contribution in [0.5, 0.6) is 0 Å². The van der Waals surface area contributed by atoms with Crippen LogP contribution in [0.3, 0.4) is 0 Å². The average Bonchev–Trinajstić information content (AvgIpc) is 3.38. The Morgan fingerprint density at radius 1 is 1.03 bits per heavy atom. The summed E-state index contributed by atoms with van der Waals surface area (Å²) < 4.78 is 0. The summed E-state index contributed by atoms with van der Waals surface area (Å²) in [5.74, 6) is 0.110. The van der Waals surface area contributed by atoms with Gasteiger partial charge in [-0.15, -0.1) is 11.3 Å². The van der Waals surface area contributed by atoms with Gasteiger partial charge in [-0.05, 0) is 51.5 Å². The highest BCUT2D eigenvalue weighted by Gasteiger charge is 2.20. The van der Waals surface area contributed by atoms with Crippen LogP contribution >= 0.6 is 22.9 Å². The zero-order valence-corrected chi connectivity index (χ0v) is 23.9. The molecule has 37 heavy (non-hydrogen) atoms. The lowest BCUT2D eigenvalue weighted by atomic mass is 10.1. The molecule has 1 fully saturated rings. The Balaban J connectivity index is 1.53. The summed E-state index contributed by atoms with van der Waals surface area (Å²) in [5, 5.41) is 7.07. The minimum absolute atomic E-state index is 0.110. The van der Waals surface area contributed by atoms with Crippen molar-refractivity contribution in [1.29, 1.82) is 0 Å². The minimum Gasteiger partial charge on any atom is -0.342 e. The fourth-order valence-electron chi connectivity index (χ4n) is 4.82. The molecular weight excluding hydrogens is 502 g/mol. The number of rotatable bonds is 10. The Bertz CT molecular complexity index is 1150. The van der Waals surface area contributed by atoms with E-state index in [1.54, 1.807) is 11.3 Å². The third-order valence-electron chi connectivity index (χ3n) is 6.85. The van der Waals surface area contributed by atoms with Gasteiger partial charge in [-0.2, -0.15) is 0 Å². The number of hydrogen-bond donors (Lipinski definition) is 1. The van der Waals surface area contributed by atoms with E-state index in [9.17, 15) is 4.79 Å². The number of halogens is 1. The van der Waals surface area contributed by atoms with E-state index in [0.29, 0.717) is 17.1 Å². The van der Waals surface area contributed by atoms with Crippen LogP contribution in [-0.2, 0) is 6.54 Å². The van der Waals surface area contributed by atoms with Gasteiger partial charge in [0.1, 0.15) is 0 Å². The second kappa shape index (κ2) is 12.9. The van der Waals surface area contributed by atoms with Crippen molar-refractivity contribution in [3.8, 4) is 11.3 Å². The van der Waals surface area contributed by atoms with Gasteiger partial charge in [-0.3, -0.25) is 9.69 Å². The second-order valence-electron chi connectivity index (χ2n) is 10.1. The molecule has 1 aliphatic rings. The zero-order valence-electron chi connectivity index (χ0n) is 22.3. The quantitative estimate of drug-likeness (QED) is 0.361. The smallest absolute Gasteiger partial charge is 0.253 e. The molecule has 0 radical (unpaired) electrons. The monoisotopic (exact) mass is 539 g/mol. The lowest BCUT2D eigenvalue weighted by molar-refractivity contribution is 0.0736. The molecule has 0 spiro atoms. The molecule has 4 rings (SSSR count). The molecule has 0 atom stereocenters. The van der Waals surface area contributed by atoms with Crippen LogP contribution in [0.15, 0.2) is 53.9 Å². The van der Waals surface area contributed by atoms with E-state index in [1.165, 1.54) is 0 Å². The molecule has 198 valence electrons. The fraction of sp³-hybridized carbons (Fsp3) is 0.448. The number of nitrogens with zero attached hydrogens (tertiary/aromatic N) is 4. The summed E-state index contributed by atoms with van der Waals surface area (Å²) in [6, 6.07) is 16.9. The number of amides is 1. The molecule has 0 unspecified atom stereocenters. The van der Waals surface area contributed by atoms with Crippen LogP contribution in [0.25, 0.3) is 11.3 Å². The van der Waals surface area contributed by atoms with Crippen molar-refractivity contribution < 1.29 is 4.79 Å². The third-order valence-corrected chi connectivity index (χ3v) is 8.08. The molecule has 6 nitrogen and oxygen atoms in total. The maximum absolute atomic E-state index is 12.9. The van der Waals surface area contributed by atoms with Crippen LogP contribution in [0.4, 0.5) is 5.13 Å². The van der Waals surface area contributed by atoms with Crippen molar-refractivity contribution in [2.24, 2.45) is 0 Å². The molecule has 2 heterocycles. The number of piperazine rings is 1. The largest absolute Gasteiger partial charge is 0.342 e. The minimum atomic E-state index is 0.110. The first-order chi connectivity index (χ1) is 17.8. The highest BCUT2D eigenvalue weighted by Crippen LogP contribution is 2.32. The van der Waals surface area contributed by atoms with E-state index in [4.69, 9.17) is 16.6 Å². The summed E-state index contributed by atoms with van der Waals surface area (Å²) in [6.45, 7) is 14.7. The van der Waals surface area contributed by atoms with Gasteiger partial charge in [0.25, 0.3) is 5.91 Å². The van der Waals surface area contributed by atoms with E-state index < -0.39 is 0 Å². The Morgan fingerprint density at radius 2 is 1.70 bits per heavy atom. The number of hydrogen-bond acceptors (Lipinski definition) is 6. The van der Waals surface area contributed by atoms with Crippen molar-refractivity contribution in [1.82, 2.24) is 20.1 Å². The molecule has 1 amide bonds. The molecule has 8 heteroatoms. The normalized spacial score (nSPS) is 14.1. The van der Waals surface area contributed by atoms with Gasteiger partial charge in [-0.1, -0.05) is 41.9 Å². The maximum Gasteiger partial charge on any atom is 0.253 e. The van der Waals surface area contributed by atoms with Crippen molar-refractivity contribution in [3.63, 3.8) is 0 Å². The topological polar surface area (TPSA) is 51.7 Å². The van der Waals surface area contributed by atoms with Crippen molar-refractivity contribution in [2.75, 3.05) is 44.2 Å². The molecule has 2 aromatic carbocycles. The molecule has 1 aliphatic heterocycles. The van der Waals surface area contributed by atoms with Crippen LogP contribution in [-0.4, -0.2) is 72.0 Å². The maximum atomic E-state index is 12.9. The predicted molar refractivity (Wildman–Crippen MR) is 156 cm³/mol. The van der Waals surface area contributed by atoms with Gasteiger partial charge < -0.3 is 15.1 Å². The summed E-state index contributed by atoms with van der Waals surface area (Å²) >= 11 is 8.10. The number of benzene rings is 2. The third kappa shape index (κ3) is 7.11. The number of nitrogens with one attached hydrogen (secondary N) is 1. The van der Waals surface area contributed by atoms with Gasteiger partial charge >= 0.3 is 0 Å². The first-order valence-electron chi connectivity index (χ1n) is 13.1. The van der Waals surface area contributed by atoms with Crippen LogP contribution in [0, 0.1) is 0 Å². The molecule has 0 aliphatic carbocycles. The number of carbonyl (C=O) groups is 1. The first kappa shape index (κ1) is 27.6. The molecule has 1 aromatic heterocycles. The number of carbonyl (C=O) groups excluding carboxylic acids is 1. The SMILES string of the molecule is CC(C)N(CCN(Cc1ccc(C(=O)N2CCNCC2)cc1)c1nc(-c2ccccc2Cl)cs1)C(C)C.